The minimum absolute atomic E-state index is 0.109. The van der Waals surface area contributed by atoms with Crippen LogP contribution in [0.3, 0.4) is 0 Å². The third kappa shape index (κ3) is 6.17. The normalized spacial score (nSPS) is 21.7. The molecule has 2 rings (SSSR count). The Kier molecular flexibility index (Phi) is 8.51. The molecular formula is C23H36O2. The van der Waals surface area contributed by atoms with Gasteiger partial charge in [-0.3, -0.25) is 4.79 Å². The van der Waals surface area contributed by atoms with Crippen molar-refractivity contribution in [2.45, 2.75) is 90.4 Å². The first kappa shape index (κ1) is 20.0. The number of hydrogen-bond donors (Lipinski definition) is 0. The van der Waals surface area contributed by atoms with Crippen LogP contribution in [0, 0.1) is 5.92 Å². The van der Waals surface area contributed by atoms with E-state index >= 15 is 0 Å². The second-order valence-electron chi connectivity index (χ2n) is 7.77. The van der Waals surface area contributed by atoms with E-state index in [4.69, 9.17) is 4.74 Å². The summed E-state index contributed by atoms with van der Waals surface area (Å²) in [5, 5.41) is 0. The van der Waals surface area contributed by atoms with E-state index in [1.807, 2.05) is 13.8 Å². The van der Waals surface area contributed by atoms with Gasteiger partial charge in [-0.05, 0) is 62.0 Å². The molecule has 1 aromatic carbocycles. The minimum Gasteiger partial charge on any atom is -0.465 e. The molecule has 0 spiro atoms. The summed E-state index contributed by atoms with van der Waals surface area (Å²) in [5.74, 6) is 1.38. The van der Waals surface area contributed by atoms with Crippen LogP contribution in [0.4, 0.5) is 0 Å². The van der Waals surface area contributed by atoms with Gasteiger partial charge in [0.25, 0.3) is 0 Å². The predicted octanol–water partition coefficient (Wildman–Crippen LogP) is 6.60. The smallest absolute Gasteiger partial charge is 0.313 e. The Hall–Kier alpha value is -1.31. The van der Waals surface area contributed by atoms with Crippen molar-refractivity contribution in [3.05, 3.63) is 35.4 Å². The molecule has 1 unspecified atom stereocenters. The third-order valence-electron chi connectivity index (χ3n) is 5.77. The van der Waals surface area contributed by atoms with Gasteiger partial charge in [0.05, 0.1) is 12.5 Å². The summed E-state index contributed by atoms with van der Waals surface area (Å²) < 4.78 is 5.27. The van der Waals surface area contributed by atoms with E-state index in [0.717, 1.165) is 17.9 Å². The van der Waals surface area contributed by atoms with Gasteiger partial charge >= 0.3 is 5.97 Å². The molecular weight excluding hydrogens is 308 g/mol. The second kappa shape index (κ2) is 10.6. The molecule has 1 atom stereocenters. The van der Waals surface area contributed by atoms with Gasteiger partial charge in [-0.1, -0.05) is 63.8 Å². The van der Waals surface area contributed by atoms with Crippen molar-refractivity contribution >= 4 is 5.97 Å². The summed E-state index contributed by atoms with van der Waals surface area (Å²) in [6.07, 6.45) is 11.8. The Morgan fingerprint density at radius 3 is 2.32 bits per heavy atom. The number of carbonyl (C=O) groups excluding carboxylic acids is 1. The van der Waals surface area contributed by atoms with Gasteiger partial charge in [0.2, 0.25) is 0 Å². The summed E-state index contributed by atoms with van der Waals surface area (Å²) in [5.41, 5.74) is 2.52. The Labute approximate surface area is 154 Å². The van der Waals surface area contributed by atoms with E-state index in [1.54, 1.807) is 0 Å². The monoisotopic (exact) mass is 344 g/mol. The fourth-order valence-electron chi connectivity index (χ4n) is 3.99. The summed E-state index contributed by atoms with van der Waals surface area (Å²) in [4.78, 5) is 12.0. The fraction of sp³-hybridized carbons (Fsp3) is 0.696. The van der Waals surface area contributed by atoms with Gasteiger partial charge in [-0.2, -0.15) is 0 Å². The maximum absolute atomic E-state index is 12.0. The van der Waals surface area contributed by atoms with Gasteiger partial charge in [-0.25, -0.2) is 0 Å². The lowest BCUT2D eigenvalue weighted by Gasteiger charge is -2.29. The molecule has 0 aliphatic heterocycles. The summed E-state index contributed by atoms with van der Waals surface area (Å²) in [7, 11) is 0. The van der Waals surface area contributed by atoms with Crippen LogP contribution in [-0.4, -0.2) is 12.6 Å². The molecule has 1 aromatic rings. The minimum atomic E-state index is -0.171. The predicted molar refractivity (Wildman–Crippen MR) is 105 cm³/mol. The Morgan fingerprint density at radius 1 is 1.04 bits per heavy atom. The molecule has 1 saturated carbocycles. The van der Waals surface area contributed by atoms with E-state index in [-0.39, 0.29) is 11.9 Å². The molecule has 25 heavy (non-hydrogen) atoms. The van der Waals surface area contributed by atoms with Crippen LogP contribution in [0.1, 0.15) is 102 Å². The number of ether oxygens (including phenoxy) is 1. The molecule has 0 aromatic heterocycles. The summed E-state index contributed by atoms with van der Waals surface area (Å²) in [6.45, 7) is 6.76. The highest BCUT2D eigenvalue weighted by molar-refractivity contribution is 5.77. The Balaban J connectivity index is 1.83. The summed E-state index contributed by atoms with van der Waals surface area (Å²) in [6, 6.07) is 8.73. The number of benzene rings is 1. The fourth-order valence-corrected chi connectivity index (χ4v) is 3.99. The van der Waals surface area contributed by atoms with Crippen LogP contribution in [0.5, 0.6) is 0 Å². The van der Waals surface area contributed by atoms with Crippen molar-refractivity contribution in [1.82, 2.24) is 0 Å². The first-order chi connectivity index (χ1) is 12.2. The second-order valence-corrected chi connectivity index (χ2v) is 7.77. The molecule has 1 fully saturated rings. The van der Waals surface area contributed by atoms with Gasteiger partial charge in [0.15, 0.2) is 0 Å². The highest BCUT2D eigenvalue weighted by Gasteiger charge is 2.23. The van der Waals surface area contributed by atoms with E-state index in [9.17, 15) is 4.79 Å². The molecule has 0 saturated heterocycles. The number of hydrogen-bond acceptors (Lipinski definition) is 2. The third-order valence-corrected chi connectivity index (χ3v) is 5.77. The van der Waals surface area contributed by atoms with Crippen molar-refractivity contribution in [2.75, 3.05) is 6.61 Å². The van der Waals surface area contributed by atoms with Crippen molar-refractivity contribution in [3.63, 3.8) is 0 Å². The van der Waals surface area contributed by atoms with Crippen LogP contribution in [0.25, 0.3) is 0 Å². The first-order valence-corrected chi connectivity index (χ1v) is 10.4. The molecule has 2 nitrogen and oxygen atoms in total. The van der Waals surface area contributed by atoms with Crippen LogP contribution in [0.15, 0.2) is 24.3 Å². The maximum Gasteiger partial charge on any atom is 0.313 e. The topological polar surface area (TPSA) is 26.3 Å². The quantitative estimate of drug-likeness (QED) is 0.373. The van der Waals surface area contributed by atoms with Gasteiger partial charge in [0, 0.05) is 0 Å². The lowest BCUT2D eigenvalue weighted by Crippen LogP contribution is -2.15. The van der Waals surface area contributed by atoms with Gasteiger partial charge in [0.1, 0.15) is 0 Å². The van der Waals surface area contributed by atoms with Crippen molar-refractivity contribution in [1.29, 1.82) is 0 Å². The van der Waals surface area contributed by atoms with E-state index < -0.39 is 0 Å². The molecule has 0 amide bonds. The molecule has 1 aliphatic rings. The average molecular weight is 345 g/mol. The number of esters is 1. The largest absolute Gasteiger partial charge is 0.465 e. The molecule has 0 bridgehead atoms. The van der Waals surface area contributed by atoms with E-state index in [0.29, 0.717) is 12.5 Å². The number of rotatable bonds is 9. The van der Waals surface area contributed by atoms with Crippen molar-refractivity contribution < 1.29 is 9.53 Å². The molecule has 1 aliphatic carbocycles. The number of carbonyl (C=O) groups is 1. The molecule has 0 radical (unpaired) electrons. The van der Waals surface area contributed by atoms with Crippen LogP contribution < -0.4 is 0 Å². The zero-order valence-electron chi connectivity index (χ0n) is 16.4. The zero-order chi connectivity index (χ0) is 18.1. The molecule has 140 valence electrons. The molecule has 2 heteroatoms. The Bertz CT molecular complexity index is 497. The SMILES string of the molecule is CCCCCC1CCC(c2ccc(C(C)C(=O)OCCC)cc2)CC1. The highest BCUT2D eigenvalue weighted by atomic mass is 16.5. The van der Waals surface area contributed by atoms with Gasteiger partial charge < -0.3 is 4.74 Å². The van der Waals surface area contributed by atoms with Gasteiger partial charge in [-0.15, -0.1) is 0 Å². The van der Waals surface area contributed by atoms with E-state index in [1.165, 1.54) is 56.9 Å². The maximum atomic E-state index is 12.0. The zero-order valence-corrected chi connectivity index (χ0v) is 16.4. The Morgan fingerprint density at radius 2 is 1.72 bits per heavy atom. The lowest BCUT2D eigenvalue weighted by atomic mass is 9.77. The molecule has 0 heterocycles. The summed E-state index contributed by atoms with van der Waals surface area (Å²) >= 11 is 0. The van der Waals surface area contributed by atoms with Crippen LogP contribution in [0.2, 0.25) is 0 Å². The first-order valence-electron chi connectivity index (χ1n) is 10.4. The highest BCUT2D eigenvalue weighted by Crippen LogP contribution is 2.38. The number of unbranched alkanes of at least 4 members (excludes halogenated alkanes) is 2. The van der Waals surface area contributed by atoms with Crippen molar-refractivity contribution in [3.8, 4) is 0 Å². The van der Waals surface area contributed by atoms with Crippen molar-refractivity contribution in [2.24, 2.45) is 5.92 Å². The average Bonchev–Trinajstić information content (AvgIpc) is 2.66. The lowest BCUT2D eigenvalue weighted by molar-refractivity contribution is -0.145. The standard InChI is InChI=1S/C23H36O2/c1-4-6-7-8-19-9-11-21(12-10-19)22-15-13-20(14-16-22)18(3)23(24)25-17-5-2/h13-16,18-19,21H,4-12,17H2,1-3H3. The van der Waals surface area contributed by atoms with Crippen LogP contribution in [-0.2, 0) is 9.53 Å². The van der Waals surface area contributed by atoms with E-state index in [2.05, 4.69) is 31.2 Å². The molecule has 0 N–H and O–H groups in total. The van der Waals surface area contributed by atoms with Crippen LogP contribution >= 0.6 is 0 Å².